The van der Waals surface area contributed by atoms with E-state index in [4.69, 9.17) is 9.68 Å². The summed E-state index contributed by atoms with van der Waals surface area (Å²) in [7, 11) is 0. The second-order valence-corrected chi connectivity index (χ2v) is 4.51. The molecule has 1 saturated heterocycles. The van der Waals surface area contributed by atoms with E-state index in [-0.39, 0.29) is 0 Å². The van der Waals surface area contributed by atoms with Gasteiger partial charge in [0.1, 0.15) is 11.3 Å². The molecule has 2 heterocycles. The van der Waals surface area contributed by atoms with Gasteiger partial charge in [0.25, 0.3) is 0 Å². The molecule has 0 radical (unpaired) electrons. The number of fused-ring (bicyclic) bond motifs is 1. The van der Waals surface area contributed by atoms with Crippen molar-refractivity contribution in [3.63, 3.8) is 0 Å². The van der Waals surface area contributed by atoms with Gasteiger partial charge in [-0.3, -0.25) is 0 Å². The summed E-state index contributed by atoms with van der Waals surface area (Å²) >= 11 is 0. The van der Waals surface area contributed by atoms with Gasteiger partial charge in [-0.2, -0.15) is 5.26 Å². The third-order valence-electron chi connectivity index (χ3n) is 3.29. The molecule has 18 heavy (non-hydrogen) atoms. The first-order valence-corrected chi connectivity index (χ1v) is 6.22. The van der Waals surface area contributed by atoms with E-state index in [2.05, 4.69) is 28.4 Å². The van der Waals surface area contributed by atoms with Gasteiger partial charge in [-0.15, -0.1) is 0 Å². The predicted octanol–water partition coefficient (Wildman–Crippen LogP) is 1.91. The Kier molecular flexibility index (Phi) is 2.91. The lowest BCUT2D eigenvalue weighted by Gasteiger charge is -2.29. The molecule has 1 fully saturated rings. The molecule has 0 spiro atoms. The summed E-state index contributed by atoms with van der Waals surface area (Å²) in [6.07, 6.45) is 0.331. The number of nitrogens with one attached hydrogen (secondary N) is 1. The second kappa shape index (κ2) is 4.71. The third-order valence-corrected chi connectivity index (χ3v) is 3.29. The zero-order chi connectivity index (χ0) is 12.4. The Morgan fingerprint density at radius 3 is 2.89 bits per heavy atom. The van der Waals surface area contributed by atoms with E-state index in [1.165, 1.54) is 5.69 Å². The molecule has 92 valence electrons. The molecule has 4 nitrogen and oxygen atoms in total. The van der Waals surface area contributed by atoms with E-state index in [1.807, 2.05) is 12.1 Å². The number of furan rings is 1. The molecule has 2 aromatic rings. The SMILES string of the molecule is N#CCc1cc2cc(N3CCNCC3)ccc2o1. The van der Waals surface area contributed by atoms with Gasteiger partial charge < -0.3 is 14.6 Å². The predicted molar refractivity (Wildman–Crippen MR) is 70.6 cm³/mol. The maximum absolute atomic E-state index is 8.68. The third kappa shape index (κ3) is 2.05. The molecule has 1 aliphatic heterocycles. The van der Waals surface area contributed by atoms with Gasteiger partial charge in [0.05, 0.1) is 12.5 Å². The number of hydrogen-bond acceptors (Lipinski definition) is 4. The normalized spacial score (nSPS) is 15.8. The Labute approximate surface area is 106 Å². The van der Waals surface area contributed by atoms with Gasteiger partial charge >= 0.3 is 0 Å². The van der Waals surface area contributed by atoms with E-state index >= 15 is 0 Å². The molecule has 0 amide bonds. The molecule has 1 aromatic carbocycles. The Morgan fingerprint density at radius 1 is 1.28 bits per heavy atom. The number of anilines is 1. The molecule has 1 aromatic heterocycles. The summed E-state index contributed by atoms with van der Waals surface area (Å²) in [5.74, 6) is 0.741. The van der Waals surface area contributed by atoms with Crippen LogP contribution in [0.3, 0.4) is 0 Å². The van der Waals surface area contributed by atoms with E-state index in [0.29, 0.717) is 6.42 Å². The highest BCUT2D eigenvalue weighted by atomic mass is 16.3. The highest BCUT2D eigenvalue weighted by Gasteiger charge is 2.12. The van der Waals surface area contributed by atoms with Crippen LogP contribution in [-0.2, 0) is 6.42 Å². The minimum absolute atomic E-state index is 0.331. The van der Waals surface area contributed by atoms with Crippen LogP contribution in [-0.4, -0.2) is 26.2 Å². The summed E-state index contributed by atoms with van der Waals surface area (Å²) in [5.41, 5.74) is 2.09. The highest BCUT2D eigenvalue weighted by molar-refractivity contribution is 5.82. The number of benzene rings is 1. The zero-order valence-corrected chi connectivity index (χ0v) is 10.1. The first-order chi connectivity index (χ1) is 8.86. The van der Waals surface area contributed by atoms with Crippen LogP contribution in [0.15, 0.2) is 28.7 Å². The summed E-state index contributed by atoms with van der Waals surface area (Å²) in [5, 5.41) is 13.1. The van der Waals surface area contributed by atoms with Crippen LogP contribution in [0.1, 0.15) is 5.76 Å². The van der Waals surface area contributed by atoms with Crippen molar-refractivity contribution < 1.29 is 4.42 Å². The van der Waals surface area contributed by atoms with Crippen molar-refractivity contribution in [3.05, 3.63) is 30.0 Å². The van der Waals surface area contributed by atoms with Gasteiger partial charge in [-0.25, -0.2) is 0 Å². The maximum Gasteiger partial charge on any atom is 0.134 e. The summed E-state index contributed by atoms with van der Waals surface area (Å²) in [6, 6.07) is 10.3. The van der Waals surface area contributed by atoms with Crippen molar-refractivity contribution in [1.29, 1.82) is 5.26 Å². The van der Waals surface area contributed by atoms with Crippen LogP contribution in [0.5, 0.6) is 0 Å². The fraction of sp³-hybridized carbons (Fsp3) is 0.357. The fourth-order valence-corrected chi connectivity index (χ4v) is 2.37. The van der Waals surface area contributed by atoms with E-state index in [9.17, 15) is 0 Å². The first kappa shape index (κ1) is 11.1. The lowest BCUT2D eigenvalue weighted by molar-refractivity contribution is 0.566. The van der Waals surface area contributed by atoms with Crippen LogP contribution in [0.4, 0.5) is 5.69 Å². The van der Waals surface area contributed by atoms with Crippen LogP contribution in [0, 0.1) is 11.3 Å². The lowest BCUT2D eigenvalue weighted by atomic mass is 10.2. The minimum atomic E-state index is 0.331. The van der Waals surface area contributed by atoms with Crippen molar-refractivity contribution in [2.45, 2.75) is 6.42 Å². The van der Waals surface area contributed by atoms with Crippen molar-refractivity contribution in [3.8, 4) is 6.07 Å². The Morgan fingerprint density at radius 2 is 2.11 bits per heavy atom. The smallest absolute Gasteiger partial charge is 0.134 e. The second-order valence-electron chi connectivity index (χ2n) is 4.51. The average Bonchev–Trinajstić information content (AvgIpc) is 2.81. The highest BCUT2D eigenvalue weighted by Crippen LogP contribution is 2.25. The Bertz CT molecular complexity index is 591. The number of hydrogen-bond donors (Lipinski definition) is 1. The molecule has 0 unspecified atom stereocenters. The Hall–Kier alpha value is -1.99. The van der Waals surface area contributed by atoms with Gasteiger partial charge in [0, 0.05) is 37.3 Å². The maximum atomic E-state index is 8.68. The molecule has 0 saturated carbocycles. The van der Waals surface area contributed by atoms with Crippen LogP contribution < -0.4 is 10.2 Å². The van der Waals surface area contributed by atoms with Crippen LogP contribution in [0.25, 0.3) is 11.0 Å². The number of rotatable bonds is 2. The molecule has 3 rings (SSSR count). The van der Waals surface area contributed by atoms with Gasteiger partial charge in [0.2, 0.25) is 0 Å². The van der Waals surface area contributed by atoms with E-state index < -0.39 is 0 Å². The number of nitriles is 1. The average molecular weight is 241 g/mol. The summed E-state index contributed by atoms with van der Waals surface area (Å²) in [6.45, 7) is 4.13. The molecule has 1 aliphatic rings. The van der Waals surface area contributed by atoms with Crippen molar-refractivity contribution in [2.24, 2.45) is 0 Å². The molecule has 0 bridgehead atoms. The van der Waals surface area contributed by atoms with Gasteiger partial charge in [0.15, 0.2) is 0 Å². The standard InChI is InChI=1S/C14H15N3O/c15-4-3-13-10-11-9-12(1-2-14(11)18-13)17-7-5-16-6-8-17/h1-2,9-10,16H,3,5-8H2. The molecule has 4 heteroatoms. The summed E-state index contributed by atoms with van der Waals surface area (Å²) in [4.78, 5) is 2.37. The van der Waals surface area contributed by atoms with Crippen LogP contribution >= 0.6 is 0 Å². The lowest BCUT2D eigenvalue weighted by Crippen LogP contribution is -2.43. The van der Waals surface area contributed by atoms with Crippen LogP contribution in [0.2, 0.25) is 0 Å². The molecular formula is C14H15N3O. The first-order valence-electron chi connectivity index (χ1n) is 6.22. The van der Waals surface area contributed by atoms with Crippen molar-refractivity contribution in [1.82, 2.24) is 5.32 Å². The monoisotopic (exact) mass is 241 g/mol. The van der Waals surface area contributed by atoms with Gasteiger partial charge in [-0.05, 0) is 24.3 Å². The Balaban J connectivity index is 1.92. The topological polar surface area (TPSA) is 52.2 Å². The summed E-state index contributed by atoms with van der Waals surface area (Å²) < 4.78 is 5.60. The molecule has 1 N–H and O–H groups in total. The van der Waals surface area contributed by atoms with Crippen molar-refractivity contribution in [2.75, 3.05) is 31.1 Å². The molecular weight excluding hydrogens is 226 g/mol. The van der Waals surface area contributed by atoms with Gasteiger partial charge in [-0.1, -0.05) is 0 Å². The van der Waals surface area contributed by atoms with Crippen molar-refractivity contribution >= 4 is 16.7 Å². The number of nitrogens with zero attached hydrogens (tertiary/aromatic N) is 2. The van der Waals surface area contributed by atoms with E-state index in [0.717, 1.165) is 42.9 Å². The quantitative estimate of drug-likeness (QED) is 0.872. The zero-order valence-electron chi connectivity index (χ0n) is 10.1. The molecule has 0 atom stereocenters. The van der Waals surface area contributed by atoms with E-state index in [1.54, 1.807) is 0 Å². The minimum Gasteiger partial charge on any atom is -0.460 e. The largest absolute Gasteiger partial charge is 0.460 e. The molecule has 0 aliphatic carbocycles. The fourth-order valence-electron chi connectivity index (χ4n) is 2.37. The number of piperazine rings is 1.